The van der Waals surface area contributed by atoms with Crippen LogP contribution in [0.1, 0.15) is 32.0 Å². The SMILES string of the molecule is CCN(Cc1ccnc(C(N)=NO)c1)CC(C)(C)O. The van der Waals surface area contributed by atoms with Gasteiger partial charge in [-0.05, 0) is 38.1 Å². The van der Waals surface area contributed by atoms with Crippen LogP contribution < -0.4 is 5.73 Å². The molecule has 1 aromatic heterocycles. The van der Waals surface area contributed by atoms with Crippen molar-refractivity contribution in [3.8, 4) is 0 Å². The number of amidine groups is 1. The van der Waals surface area contributed by atoms with E-state index in [-0.39, 0.29) is 5.84 Å². The van der Waals surface area contributed by atoms with Crippen molar-refractivity contribution in [2.24, 2.45) is 10.9 Å². The second-order valence-corrected chi connectivity index (χ2v) is 5.15. The summed E-state index contributed by atoms with van der Waals surface area (Å²) in [7, 11) is 0. The van der Waals surface area contributed by atoms with E-state index in [0.717, 1.165) is 12.1 Å². The van der Waals surface area contributed by atoms with Crippen LogP contribution in [0.4, 0.5) is 0 Å². The van der Waals surface area contributed by atoms with E-state index in [0.29, 0.717) is 18.8 Å². The first-order chi connectivity index (χ1) is 8.85. The Morgan fingerprint density at radius 1 is 1.53 bits per heavy atom. The van der Waals surface area contributed by atoms with Crippen LogP contribution in [-0.4, -0.2) is 44.7 Å². The maximum absolute atomic E-state index is 9.85. The monoisotopic (exact) mass is 266 g/mol. The van der Waals surface area contributed by atoms with E-state index in [1.807, 2.05) is 13.0 Å². The standard InChI is InChI=1S/C13H22N4O2/c1-4-17(9-13(2,3)18)8-10-5-6-15-11(7-10)12(14)16-19/h5-7,18-19H,4,8-9H2,1-3H3,(H2,14,16). The Balaban J connectivity index is 2.80. The van der Waals surface area contributed by atoms with Crippen LogP contribution in [0.25, 0.3) is 0 Å². The molecule has 0 amide bonds. The smallest absolute Gasteiger partial charge is 0.188 e. The highest BCUT2D eigenvalue weighted by molar-refractivity contribution is 5.95. The van der Waals surface area contributed by atoms with Gasteiger partial charge < -0.3 is 16.0 Å². The van der Waals surface area contributed by atoms with Crippen molar-refractivity contribution in [1.82, 2.24) is 9.88 Å². The first-order valence-corrected chi connectivity index (χ1v) is 6.23. The van der Waals surface area contributed by atoms with Gasteiger partial charge >= 0.3 is 0 Å². The summed E-state index contributed by atoms with van der Waals surface area (Å²) < 4.78 is 0. The number of nitrogens with two attached hydrogens (primary N) is 1. The Kier molecular flexibility index (Phi) is 5.26. The summed E-state index contributed by atoms with van der Waals surface area (Å²) in [6.45, 7) is 7.68. The van der Waals surface area contributed by atoms with Crippen molar-refractivity contribution in [2.75, 3.05) is 13.1 Å². The van der Waals surface area contributed by atoms with Gasteiger partial charge in [0, 0.05) is 19.3 Å². The minimum atomic E-state index is -0.739. The lowest BCUT2D eigenvalue weighted by atomic mass is 10.1. The fourth-order valence-electron chi connectivity index (χ4n) is 1.85. The van der Waals surface area contributed by atoms with Crippen LogP contribution in [0.2, 0.25) is 0 Å². The van der Waals surface area contributed by atoms with Gasteiger partial charge in [0.2, 0.25) is 0 Å². The highest BCUT2D eigenvalue weighted by atomic mass is 16.4. The third-order valence-corrected chi connectivity index (χ3v) is 2.66. The van der Waals surface area contributed by atoms with Gasteiger partial charge in [0.1, 0.15) is 5.69 Å². The van der Waals surface area contributed by atoms with E-state index in [9.17, 15) is 5.11 Å². The van der Waals surface area contributed by atoms with Gasteiger partial charge in [-0.3, -0.25) is 9.88 Å². The van der Waals surface area contributed by atoms with Crippen LogP contribution in [0, 0.1) is 0 Å². The predicted octanol–water partition coefficient (Wildman–Crippen LogP) is 0.769. The number of likely N-dealkylation sites (N-methyl/N-ethyl adjacent to an activating group) is 1. The number of pyridine rings is 1. The topological polar surface area (TPSA) is 95.0 Å². The van der Waals surface area contributed by atoms with Gasteiger partial charge in [0.15, 0.2) is 5.84 Å². The molecule has 1 aromatic rings. The van der Waals surface area contributed by atoms with E-state index < -0.39 is 5.60 Å². The summed E-state index contributed by atoms with van der Waals surface area (Å²) in [5.41, 5.74) is 6.22. The van der Waals surface area contributed by atoms with Crippen LogP contribution >= 0.6 is 0 Å². The molecule has 0 aliphatic rings. The van der Waals surface area contributed by atoms with Crippen molar-refractivity contribution in [2.45, 2.75) is 32.9 Å². The van der Waals surface area contributed by atoms with Crippen LogP contribution in [-0.2, 0) is 6.54 Å². The Hall–Kier alpha value is -1.66. The number of aliphatic hydroxyl groups is 1. The van der Waals surface area contributed by atoms with Gasteiger partial charge in [-0.25, -0.2) is 0 Å². The molecular weight excluding hydrogens is 244 g/mol. The molecule has 0 spiro atoms. The van der Waals surface area contributed by atoms with Crippen molar-refractivity contribution in [3.63, 3.8) is 0 Å². The fourth-order valence-corrected chi connectivity index (χ4v) is 1.85. The average Bonchev–Trinajstić information content (AvgIpc) is 2.35. The van der Waals surface area contributed by atoms with Crippen molar-refractivity contribution < 1.29 is 10.3 Å². The van der Waals surface area contributed by atoms with Crippen LogP contribution in [0.3, 0.4) is 0 Å². The predicted molar refractivity (Wildman–Crippen MR) is 74.0 cm³/mol. The van der Waals surface area contributed by atoms with E-state index in [1.165, 1.54) is 0 Å². The first kappa shape index (κ1) is 15.4. The molecule has 106 valence electrons. The second kappa shape index (κ2) is 6.49. The first-order valence-electron chi connectivity index (χ1n) is 6.23. The number of rotatable bonds is 6. The summed E-state index contributed by atoms with van der Waals surface area (Å²) in [5, 5.41) is 21.4. The quantitative estimate of drug-likeness (QED) is 0.306. The Bertz CT molecular complexity index is 441. The molecule has 0 radical (unpaired) electrons. The van der Waals surface area contributed by atoms with E-state index in [2.05, 4.69) is 15.0 Å². The van der Waals surface area contributed by atoms with E-state index in [4.69, 9.17) is 10.9 Å². The maximum Gasteiger partial charge on any atom is 0.188 e. The lowest BCUT2D eigenvalue weighted by Gasteiger charge is -2.28. The molecule has 0 aliphatic carbocycles. The number of hydrogen-bond acceptors (Lipinski definition) is 5. The minimum absolute atomic E-state index is 0.00705. The Morgan fingerprint density at radius 3 is 2.74 bits per heavy atom. The fraction of sp³-hybridized carbons (Fsp3) is 0.538. The van der Waals surface area contributed by atoms with Gasteiger partial charge in [0.25, 0.3) is 0 Å². The molecule has 0 fully saturated rings. The number of oxime groups is 1. The summed E-state index contributed by atoms with van der Waals surface area (Å²) in [5.74, 6) is -0.00705. The number of nitrogens with zero attached hydrogens (tertiary/aromatic N) is 3. The molecule has 0 atom stereocenters. The molecule has 6 heteroatoms. The number of hydrogen-bond donors (Lipinski definition) is 3. The zero-order chi connectivity index (χ0) is 14.5. The zero-order valence-electron chi connectivity index (χ0n) is 11.7. The molecule has 1 rings (SSSR count). The molecule has 4 N–H and O–H groups in total. The average molecular weight is 266 g/mol. The van der Waals surface area contributed by atoms with Crippen LogP contribution in [0.5, 0.6) is 0 Å². The van der Waals surface area contributed by atoms with Gasteiger partial charge in [0.05, 0.1) is 5.60 Å². The zero-order valence-corrected chi connectivity index (χ0v) is 11.7. The van der Waals surface area contributed by atoms with Crippen molar-refractivity contribution in [3.05, 3.63) is 29.6 Å². The second-order valence-electron chi connectivity index (χ2n) is 5.15. The minimum Gasteiger partial charge on any atom is -0.409 e. The third kappa shape index (κ3) is 5.23. The van der Waals surface area contributed by atoms with E-state index in [1.54, 1.807) is 26.1 Å². The molecule has 19 heavy (non-hydrogen) atoms. The van der Waals surface area contributed by atoms with Gasteiger partial charge in [-0.1, -0.05) is 12.1 Å². The van der Waals surface area contributed by atoms with E-state index >= 15 is 0 Å². The molecule has 6 nitrogen and oxygen atoms in total. The maximum atomic E-state index is 9.85. The number of aromatic nitrogens is 1. The summed E-state index contributed by atoms with van der Waals surface area (Å²) >= 11 is 0. The molecule has 0 saturated carbocycles. The Morgan fingerprint density at radius 2 is 2.21 bits per heavy atom. The Labute approximate surface area is 113 Å². The lowest BCUT2D eigenvalue weighted by molar-refractivity contribution is 0.0353. The van der Waals surface area contributed by atoms with Crippen LogP contribution in [0.15, 0.2) is 23.5 Å². The molecule has 1 heterocycles. The summed E-state index contributed by atoms with van der Waals surface area (Å²) in [6.07, 6.45) is 1.63. The van der Waals surface area contributed by atoms with Crippen molar-refractivity contribution in [1.29, 1.82) is 0 Å². The highest BCUT2D eigenvalue weighted by Gasteiger charge is 2.17. The third-order valence-electron chi connectivity index (χ3n) is 2.66. The molecule has 0 unspecified atom stereocenters. The summed E-state index contributed by atoms with van der Waals surface area (Å²) in [4.78, 5) is 6.15. The molecular formula is C13H22N4O2. The molecule has 0 aromatic carbocycles. The summed E-state index contributed by atoms with van der Waals surface area (Å²) in [6, 6.07) is 3.66. The molecule has 0 saturated heterocycles. The normalized spacial score (nSPS) is 13.0. The molecule has 0 bridgehead atoms. The largest absolute Gasteiger partial charge is 0.409 e. The van der Waals surface area contributed by atoms with Crippen molar-refractivity contribution >= 4 is 5.84 Å². The lowest BCUT2D eigenvalue weighted by Crippen LogP contribution is -2.38. The highest BCUT2D eigenvalue weighted by Crippen LogP contribution is 2.10. The van der Waals surface area contributed by atoms with Gasteiger partial charge in [-0.2, -0.15) is 0 Å². The van der Waals surface area contributed by atoms with Gasteiger partial charge in [-0.15, -0.1) is 0 Å². The molecule has 0 aliphatic heterocycles.